The maximum atomic E-state index is 12.9. The highest BCUT2D eigenvalue weighted by molar-refractivity contribution is 6.09. The van der Waals surface area contributed by atoms with Crippen molar-refractivity contribution < 1.29 is 19.1 Å². The molecule has 2 fully saturated rings. The summed E-state index contributed by atoms with van der Waals surface area (Å²) in [5, 5.41) is 7.51. The van der Waals surface area contributed by atoms with Crippen LogP contribution < -0.4 is 21.0 Å². The van der Waals surface area contributed by atoms with Crippen molar-refractivity contribution in [2.45, 2.75) is 44.7 Å². The minimum Gasteiger partial charge on any atom is -0.492 e. The zero-order chi connectivity index (χ0) is 22.7. The number of nitrogens with one attached hydrogen (secondary N) is 2. The van der Waals surface area contributed by atoms with Crippen LogP contribution in [0.1, 0.15) is 43.1 Å². The molecule has 4 rings (SSSR count). The van der Waals surface area contributed by atoms with Crippen LogP contribution in [0.15, 0.2) is 47.3 Å². The van der Waals surface area contributed by atoms with E-state index >= 15 is 0 Å². The van der Waals surface area contributed by atoms with E-state index < -0.39 is 28.9 Å². The fourth-order valence-electron chi connectivity index (χ4n) is 3.97. The average Bonchev–Trinajstić information content (AvgIpc) is 3.02. The molecule has 0 bridgehead atoms. The summed E-state index contributed by atoms with van der Waals surface area (Å²) in [6.45, 7) is 2.41. The van der Waals surface area contributed by atoms with Gasteiger partial charge in [-0.05, 0) is 49.8 Å². The Bertz CT molecular complexity index is 1080. The van der Waals surface area contributed by atoms with Crippen molar-refractivity contribution >= 4 is 17.8 Å². The third-order valence-corrected chi connectivity index (χ3v) is 5.92. The van der Waals surface area contributed by atoms with Gasteiger partial charge in [0.05, 0.1) is 6.54 Å². The Hall–Kier alpha value is -3.69. The highest BCUT2D eigenvalue weighted by Gasteiger charge is 2.53. The molecule has 2 N–H and O–H groups in total. The summed E-state index contributed by atoms with van der Waals surface area (Å²) in [4.78, 5) is 50.1. The number of carbonyl (C=O) groups excluding carboxylic acids is 3. The quantitative estimate of drug-likeness (QED) is 0.657. The standard InChI is InChI=1S/C22H25N5O5/c1-15-9-11-22(12-10-15)20(30)27(21(31)23-22)25-19(29)17-7-8-18(28)26(24-17)13-14-32-16-5-3-2-4-6-16/h2-8,15H,9-14H2,1H3,(H,23,31)(H,25,29). The number of amides is 4. The highest BCUT2D eigenvalue weighted by atomic mass is 16.5. The highest BCUT2D eigenvalue weighted by Crippen LogP contribution is 2.35. The Morgan fingerprint density at radius 2 is 1.88 bits per heavy atom. The molecule has 1 spiro atoms. The second-order valence-electron chi connectivity index (χ2n) is 8.22. The van der Waals surface area contributed by atoms with Crippen LogP contribution in [0.25, 0.3) is 0 Å². The summed E-state index contributed by atoms with van der Waals surface area (Å²) in [5.74, 6) is -0.0797. The fourth-order valence-corrected chi connectivity index (χ4v) is 3.97. The Morgan fingerprint density at radius 3 is 2.59 bits per heavy atom. The van der Waals surface area contributed by atoms with Crippen LogP contribution in [0.2, 0.25) is 0 Å². The number of urea groups is 1. The van der Waals surface area contributed by atoms with Crippen LogP contribution >= 0.6 is 0 Å². The number of nitrogens with zero attached hydrogens (tertiary/aromatic N) is 3. The second-order valence-corrected chi connectivity index (χ2v) is 8.22. The summed E-state index contributed by atoms with van der Waals surface area (Å²) in [6.07, 6.45) is 2.72. The summed E-state index contributed by atoms with van der Waals surface area (Å²) in [7, 11) is 0. The first kappa shape index (κ1) is 21.5. The Balaban J connectivity index is 1.41. The lowest BCUT2D eigenvalue weighted by Gasteiger charge is -2.33. The van der Waals surface area contributed by atoms with Gasteiger partial charge in [-0.25, -0.2) is 9.48 Å². The molecular formula is C22H25N5O5. The van der Waals surface area contributed by atoms with Gasteiger partial charge in [0.2, 0.25) is 0 Å². The van der Waals surface area contributed by atoms with E-state index in [9.17, 15) is 19.2 Å². The zero-order valence-corrected chi connectivity index (χ0v) is 17.7. The molecule has 2 heterocycles. The lowest BCUT2D eigenvalue weighted by Crippen LogP contribution is -2.51. The summed E-state index contributed by atoms with van der Waals surface area (Å²) in [5.41, 5.74) is 0.875. The number of benzene rings is 1. The van der Waals surface area contributed by atoms with E-state index in [0.29, 0.717) is 29.5 Å². The molecule has 1 saturated heterocycles. The smallest absolute Gasteiger partial charge is 0.344 e. The monoisotopic (exact) mass is 439 g/mol. The Labute approximate surface area is 184 Å². The molecule has 1 aromatic heterocycles. The van der Waals surface area contributed by atoms with Crippen molar-refractivity contribution in [1.29, 1.82) is 0 Å². The second kappa shape index (κ2) is 8.81. The van der Waals surface area contributed by atoms with Crippen molar-refractivity contribution in [3.8, 4) is 5.75 Å². The van der Waals surface area contributed by atoms with Crippen LogP contribution in [0, 0.1) is 5.92 Å². The number of carbonyl (C=O) groups is 3. The number of imide groups is 1. The van der Waals surface area contributed by atoms with E-state index in [1.165, 1.54) is 12.1 Å². The Morgan fingerprint density at radius 1 is 1.16 bits per heavy atom. The van der Waals surface area contributed by atoms with Crippen LogP contribution in [0.5, 0.6) is 5.75 Å². The van der Waals surface area contributed by atoms with Crippen LogP contribution in [0.4, 0.5) is 4.79 Å². The molecule has 0 unspecified atom stereocenters. The third kappa shape index (κ3) is 4.34. The molecule has 32 heavy (non-hydrogen) atoms. The molecule has 2 aromatic rings. The minimum absolute atomic E-state index is 0.0943. The first-order valence-electron chi connectivity index (χ1n) is 10.6. The van der Waals surface area contributed by atoms with Crippen molar-refractivity contribution in [1.82, 2.24) is 25.5 Å². The number of hydrogen-bond acceptors (Lipinski definition) is 6. The molecule has 2 aliphatic rings. The van der Waals surface area contributed by atoms with Gasteiger partial charge in [-0.15, -0.1) is 0 Å². The van der Waals surface area contributed by atoms with E-state index in [0.717, 1.165) is 17.5 Å². The lowest BCUT2D eigenvalue weighted by atomic mass is 9.77. The Kier molecular flexibility index (Phi) is 5.93. The number of aromatic nitrogens is 2. The molecule has 1 aliphatic heterocycles. The number of hydrazine groups is 1. The van der Waals surface area contributed by atoms with Gasteiger partial charge in [-0.2, -0.15) is 10.1 Å². The maximum Gasteiger partial charge on any atom is 0.344 e. The van der Waals surface area contributed by atoms with Crippen LogP contribution in [-0.4, -0.2) is 44.8 Å². The normalized spacial score (nSPS) is 22.7. The number of para-hydroxylation sites is 1. The van der Waals surface area contributed by atoms with Gasteiger partial charge in [0, 0.05) is 6.07 Å². The summed E-state index contributed by atoms with van der Waals surface area (Å²) >= 11 is 0. The van der Waals surface area contributed by atoms with E-state index in [-0.39, 0.29) is 18.8 Å². The molecule has 0 radical (unpaired) electrons. The van der Waals surface area contributed by atoms with Crippen molar-refractivity contribution in [2.75, 3.05) is 6.61 Å². The minimum atomic E-state index is -0.960. The molecule has 1 saturated carbocycles. The van der Waals surface area contributed by atoms with E-state index in [4.69, 9.17) is 4.74 Å². The predicted molar refractivity (Wildman–Crippen MR) is 114 cm³/mol. The van der Waals surface area contributed by atoms with Gasteiger partial charge in [0.1, 0.15) is 17.9 Å². The fraction of sp³-hybridized carbons (Fsp3) is 0.409. The molecule has 10 nitrogen and oxygen atoms in total. The first-order chi connectivity index (χ1) is 15.4. The van der Waals surface area contributed by atoms with Crippen molar-refractivity contribution in [3.05, 3.63) is 58.5 Å². The van der Waals surface area contributed by atoms with Gasteiger partial charge in [0.15, 0.2) is 5.69 Å². The van der Waals surface area contributed by atoms with Crippen molar-refractivity contribution in [2.24, 2.45) is 5.92 Å². The summed E-state index contributed by atoms with van der Waals surface area (Å²) < 4.78 is 6.67. The van der Waals surface area contributed by atoms with Gasteiger partial charge >= 0.3 is 6.03 Å². The molecule has 10 heteroatoms. The molecular weight excluding hydrogens is 414 g/mol. The van der Waals surface area contributed by atoms with Gasteiger partial charge in [-0.3, -0.25) is 19.8 Å². The number of hydrogen-bond donors (Lipinski definition) is 2. The average molecular weight is 439 g/mol. The lowest BCUT2D eigenvalue weighted by molar-refractivity contribution is -0.134. The third-order valence-electron chi connectivity index (χ3n) is 5.92. The van der Waals surface area contributed by atoms with Crippen LogP contribution in [-0.2, 0) is 11.3 Å². The number of ether oxygens (including phenoxy) is 1. The van der Waals surface area contributed by atoms with Crippen molar-refractivity contribution in [3.63, 3.8) is 0 Å². The SMILES string of the molecule is CC1CCC2(CC1)NC(=O)N(NC(=O)c1ccc(=O)n(CCOc3ccccc3)n1)C2=O. The van der Waals surface area contributed by atoms with E-state index in [2.05, 4.69) is 22.8 Å². The topological polar surface area (TPSA) is 123 Å². The largest absolute Gasteiger partial charge is 0.492 e. The predicted octanol–water partition coefficient (Wildman–Crippen LogP) is 1.47. The van der Waals surface area contributed by atoms with Gasteiger partial charge in [0.25, 0.3) is 17.4 Å². The first-order valence-corrected chi connectivity index (χ1v) is 10.6. The molecule has 1 aromatic carbocycles. The zero-order valence-electron chi connectivity index (χ0n) is 17.7. The summed E-state index contributed by atoms with van der Waals surface area (Å²) in [6, 6.07) is 10.9. The van der Waals surface area contributed by atoms with Gasteiger partial charge in [-0.1, -0.05) is 25.1 Å². The van der Waals surface area contributed by atoms with E-state index in [1.54, 1.807) is 12.1 Å². The molecule has 1 aliphatic carbocycles. The number of rotatable bonds is 6. The molecule has 0 atom stereocenters. The molecule has 4 amide bonds. The maximum absolute atomic E-state index is 12.9. The van der Waals surface area contributed by atoms with Crippen LogP contribution in [0.3, 0.4) is 0 Å². The molecule has 168 valence electrons. The van der Waals surface area contributed by atoms with E-state index in [1.807, 2.05) is 18.2 Å². The van der Waals surface area contributed by atoms with Gasteiger partial charge < -0.3 is 10.1 Å².